The molecule has 7 rings (SSSR count). The molecule has 4 atom stereocenters. The van der Waals surface area contributed by atoms with Crippen LogP contribution in [-0.4, -0.2) is 111 Å². The highest BCUT2D eigenvalue weighted by Crippen LogP contribution is 2.52. The molecular weight excluding hydrogens is 568 g/mol. The first-order chi connectivity index (χ1) is 20.8. The van der Waals surface area contributed by atoms with Crippen LogP contribution in [-0.2, 0) is 4.79 Å². The number of aromatic amines is 1. The molecule has 2 saturated heterocycles. The normalized spacial score (nSPS) is 25.5. The third-order valence-corrected chi connectivity index (χ3v) is 9.64. The molecule has 0 saturated carbocycles. The van der Waals surface area contributed by atoms with E-state index in [9.17, 15) is 9.90 Å². The van der Waals surface area contributed by atoms with E-state index in [2.05, 4.69) is 38.7 Å². The van der Waals surface area contributed by atoms with Gasteiger partial charge >= 0.3 is 0 Å². The van der Waals surface area contributed by atoms with Gasteiger partial charge in [0.15, 0.2) is 5.75 Å². The van der Waals surface area contributed by atoms with Crippen molar-refractivity contribution in [2.75, 3.05) is 44.2 Å². The van der Waals surface area contributed by atoms with Crippen LogP contribution in [0.5, 0.6) is 5.75 Å². The number of nitrogens with one attached hydrogen (secondary N) is 1. The smallest absolute Gasteiger partial charge is 0.246 e. The molecule has 43 heavy (non-hydrogen) atoms. The number of halogens is 1. The number of aromatic nitrogens is 3. The Morgan fingerprint density at radius 3 is 2.77 bits per heavy atom. The van der Waals surface area contributed by atoms with Gasteiger partial charge in [-0.15, -0.1) is 5.10 Å². The molecule has 5 heterocycles. The fourth-order valence-electron chi connectivity index (χ4n) is 7.21. The average molecular weight is 605 g/mol. The van der Waals surface area contributed by atoms with Crippen LogP contribution in [0.3, 0.4) is 0 Å². The van der Waals surface area contributed by atoms with Crippen molar-refractivity contribution >= 4 is 40.1 Å². The first kappa shape index (κ1) is 28.1. The van der Waals surface area contributed by atoms with Crippen LogP contribution in [0.4, 0.5) is 5.69 Å². The number of hydrogen-bond donors (Lipinski definition) is 2. The van der Waals surface area contributed by atoms with Crippen LogP contribution in [0.25, 0.3) is 22.2 Å². The monoisotopic (exact) mass is 604 g/mol. The van der Waals surface area contributed by atoms with Crippen molar-refractivity contribution in [3.05, 3.63) is 47.0 Å². The number of benzene rings is 2. The number of amidine groups is 1. The van der Waals surface area contributed by atoms with Gasteiger partial charge in [-0.2, -0.15) is 0 Å². The average Bonchev–Trinajstić information content (AvgIpc) is 3.69. The number of aliphatic hydroxyl groups is 1. The molecule has 2 unspecified atom stereocenters. The van der Waals surface area contributed by atoms with E-state index >= 15 is 0 Å². The Morgan fingerprint density at radius 1 is 1.21 bits per heavy atom. The SMILES string of the molecule is C=CC(=O)N1C[C@H](C)N(C2=NC(O)N3c4c2cc(Cl)c(-c2c(C)ccc5[nH]nnc25)c4OCC3CN2CCCC2)C[C@H]1C. The summed E-state index contributed by atoms with van der Waals surface area (Å²) in [5, 5.41) is 23.7. The van der Waals surface area contributed by atoms with Crippen molar-refractivity contribution < 1.29 is 14.6 Å². The van der Waals surface area contributed by atoms with E-state index < -0.39 is 6.35 Å². The van der Waals surface area contributed by atoms with Crippen molar-refractivity contribution in [3.63, 3.8) is 0 Å². The number of aryl methyl sites for hydroxylation is 1. The Labute approximate surface area is 255 Å². The van der Waals surface area contributed by atoms with Crippen LogP contribution in [0.1, 0.15) is 37.8 Å². The first-order valence-electron chi connectivity index (χ1n) is 15.0. The summed E-state index contributed by atoms with van der Waals surface area (Å²) < 4.78 is 6.68. The molecule has 4 aliphatic heterocycles. The summed E-state index contributed by atoms with van der Waals surface area (Å²) in [7, 11) is 0. The van der Waals surface area contributed by atoms with E-state index in [4.69, 9.17) is 21.3 Å². The maximum atomic E-state index is 12.5. The van der Waals surface area contributed by atoms with Crippen molar-refractivity contribution in [3.8, 4) is 16.9 Å². The summed E-state index contributed by atoms with van der Waals surface area (Å²) in [5.41, 5.74) is 5.69. The molecule has 2 aromatic carbocycles. The summed E-state index contributed by atoms with van der Waals surface area (Å²) in [6.07, 6.45) is 2.61. The Bertz CT molecular complexity index is 1630. The molecule has 2 fully saturated rings. The lowest BCUT2D eigenvalue weighted by atomic mass is 9.92. The molecule has 0 bridgehead atoms. The largest absolute Gasteiger partial charge is 0.488 e. The van der Waals surface area contributed by atoms with Gasteiger partial charge in [0.1, 0.15) is 18.0 Å². The topological polar surface area (TPSA) is 113 Å². The zero-order valence-electron chi connectivity index (χ0n) is 24.8. The third kappa shape index (κ3) is 4.56. The summed E-state index contributed by atoms with van der Waals surface area (Å²) in [6, 6.07) is 5.71. The Kier molecular flexibility index (Phi) is 7.06. The molecule has 3 aromatic rings. The van der Waals surface area contributed by atoms with Crippen LogP contribution in [0.15, 0.2) is 35.8 Å². The Balaban J connectivity index is 1.38. The summed E-state index contributed by atoms with van der Waals surface area (Å²) in [4.78, 5) is 25.9. The molecule has 11 nitrogen and oxygen atoms in total. The standard InChI is InChI=1S/C31H37ClN8O3/c1-5-24(41)38-13-19(4)39(14-18(38)3)30-21-12-22(32)26(25-17(2)8-9-23-27(25)35-36-34-23)29-28(21)40(31(42)33-30)20(16-43-29)15-37-10-6-7-11-37/h5,8-9,12,18-20,31,42H,1,6-7,10-11,13-16H2,2-4H3,(H,34,35,36)/t18-,19+,20?,31?/m1/s1. The van der Waals surface area contributed by atoms with E-state index in [0.717, 1.165) is 53.1 Å². The number of fused-ring (bicyclic) bond motifs is 1. The fourth-order valence-corrected chi connectivity index (χ4v) is 7.50. The minimum Gasteiger partial charge on any atom is -0.488 e. The number of likely N-dealkylation sites (tertiary alicyclic amines) is 1. The number of H-pyrrole nitrogens is 1. The number of aliphatic imine (C=N–C) groups is 1. The van der Waals surface area contributed by atoms with Gasteiger partial charge in [-0.25, -0.2) is 4.99 Å². The van der Waals surface area contributed by atoms with Crippen LogP contribution >= 0.6 is 11.6 Å². The summed E-state index contributed by atoms with van der Waals surface area (Å²) in [6.45, 7) is 14.1. The second kappa shape index (κ2) is 10.8. The molecule has 0 radical (unpaired) electrons. The van der Waals surface area contributed by atoms with E-state index in [1.807, 2.05) is 41.8 Å². The highest BCUT2D eigenvalue weighted by Gasteiger charge is 2.44. The molecular formula is C31H37ClN8O3. The van der Waals surface area contributed by atoms with Crippen molar-refractivity contribution in [1.82, 2.24) is 30.1 Å². The number of ether oxygens (including phenoxy) is 1. The molecule has 12 heteroatoms. The van der Waals surface area contributed by atoms with Crippen molar-refractivity contribution in [2.45, 2.75) is 58.1 Å². The van der Waals surface area contributed by atoms with Crippen LogP contribution in [0, 0.1) is 6.92 Å². The molecule has 1 amide bonds. The van der Waals surface area contributed by atoms with Gasteiger partial charge in [0.25, 0.3) is 0 Å². The number of rotatable bonds is 4. The number of aliphatic hydroxyl groups excluding tert-OH is 1. The lowest BCUT2D eigenvalue weighted by Gasteiger charge is -2.49. The maximum absolute atomic E-state index is 12.5. The zero-order chi connectivity index (χ0) is 30.0. The highest BCUT2D eigenvalue weighted by molar-refractivity contribution is 6.35. The second-order valence-corrected chi connectivity index (χ2v) is 12.6. The van der Waals surface area contributed by atoms with Gasteiger partial charge in [-0.3, -0.25) is 9.89 Å². The number of carbonyl (C=O) groups excluding carboxylic acids is 1. The van der Waals surface area contributed by atoms with E-state index in [-0.39, 0.29) is 24.0 Å². The highest BCUT2D eigenvalue weighted by atomic mass is 35.5. The quantitative estimate of drug-likeness (QED) is 0.436. The summed E-state index contributed by atoms with van der Waals surface area (Å²) in [5.74, 6) is 1.18. The minimum absolute atomic E-state index is 0.0530. The zero-order valence-corrected chi connectivity index (χ0v) is 25.5. The Hall–Kier alpha value is -3.67. The van der Waals surface area contributed by atoms with Gasteiger partial charge in [0.2, 0.25) is 12.3 Å². The predicted octanol–water partition coefficient (Wildman–Crippen LogP) is 3.39. The van der Waals surface area contributed by atoms with Crippen molar-refractivity contribution in [1.29, 1.82) is 0 Å². The molecule has 0 aliphatic carbocycles. The van der Waals surface area contributed by atoms with Crippen LogP contribution < -0.4 is 9.64 Å². The molecule has 1 aromatic heterocycles. The second-order valence-electron chi connectivity index (χ2n) is 12.1. The van der Waals surface area contributed by atoms with E-state index in [1.54, 1.807) is 0 Å². The van der Waals surface area contributed by atoms with Crippen LogP contribution in [0.2, 0.25) is 5.02 Å². The predicted molar refractivity (Wildman–Crippen MR) is 167 cm³/mol. The lowest BCUT2D eigenvalue weighted by molar-refractivity contribution is -0.130. The Morgan fingerprint density at radius 2 is 2.00 bits per heavy atom. The number of nitrogens with zero attached hydrogens (tertiary/aromatic N) is 7. The van der Waals surface area contributed by atoms with Crippen molar-refractivity contribution in [2.24, 2.45) is 4.99 Å². The molecule has 226 valence electrons. The van der Waals surface area contributed by atoms with Gasteiger partial charge in [-0.05, 0) is 70.5 Å². The number of piperazine rings is 1. The van der Waals surface area contributed by atoms with E-state index in [1.165, 1.54) is 18.9 Å². The molecule has 2 N–H and O–H groups in total. The van der Waals surface area contributed by atoms with Gasteiger partial charge in [-0.1, -0.05) is 29.5 Å². The lowest BCUT2D eigenvalue weighted by Crippen LogP contribution is -2.61. The fraction of sp³-hybridized carbons (Fsp3) is 0.484. The van der Waals surface area contributed by atoms with Gasteiger partial charge < -0.3 is 29.4 Å². The van der Waals surface area contributed by atoms with E-state index in [0.29, 0.717) is 41.8 Å². The number of anilines is 1. The number of carbonyl (C=O) groups is 1. The third-order valence-electron chi connectivity index (χ3n) is 9.35. The molecule has 0 spiro atoms. The maximum Gasteiger partial charge on any atom is 0.246 e. The minimum atomic E-state index is -1.11. The molecule has 4 aliphatic rings. The van der Waals surface area contributed by atoms with Gasteiger partial charge in [0, 0.05) is 48.4 Å². The number of amides is 1. The van der Waals surface area contributed by atoms with Gasteiger partial charge in [0.05, 0.1) is 22.3 Å². The first-order valence-corrected chi connectivity index (χ1v) is 15.4. The number of hydrogen-bond acceptors (Lipinski definition) is 9. The summed E-state index contributed by atoms with van der Waals surface area (Å²) >= 11 is 7.19.